The Bertz CT molecular complexity index is 1270. The maximum Gasteiger partial charge on any atom is 0.171 e. The number of aromatic nitrogens is 7. The van der Waals surface area contributed by atoms with E-state index in [1.165, 1.54) is 0 Å². The van der Waals surface area contributed by atoms with Gasteiger partial charge >= 0.3 is 0 Å². The van der Waals surface area contributed by atoms with Gasteiger partial charge in [0, 0.05) is 42.4 Å². The summed E-state index contributed by atoms with van der Waals surface area (Å²) in [6.07, 6.45) is 10.2. The van der Waals surface area contributed by atoms with Gasteiger partial charge in [0.15, 0.2) is 11.6 Å². The van der Waals surface area contributed by atoms with Crippen LogP contribution >= 0.6 is 0 Å². The number of hydrogen-bond donors (Lipinski definition) is 2. The average molecular weight is 414 g/mol. The molecular weight excluding hydrogens is 392 g/mol. The first-order valence-corrected chi connectivity index (χ1v) is 10.2. The van der Waals surface area contributed by atoms with Gasteiger partial charge in [0.25, 0.3) is 0 Å². The van der Waals surface area contributed by atoms with Crippen molar-refractivity contribution >= 4 is 22.7 Å². The molecule has 156 valence electrons. The third kappa shape index (κ3) is 3.44. The first kappa shape index (κ1) is 19.0. The fourth-order valence-electron chi connectivity index (χ4n) is 4.34. The van der Waals surface area contributed by atoms with Crippen molar-refractivity contribution in [3.8, 4) is 17.3 Å². The van der Waals surface area contributed by atoms with E-state index in [9.17, 15) is 5.26 Å². The van der Waals surface area contributed by atoms with Crippen molar-refractivity contribution in [2.45, 2.75) is 25.8 Å². The summed E-state index contributed by atoms with van der Waals surface area (Å²) >= 11 is 0. The van der Waals surface area contributed by atoms with Crippen molar-refractivity contribution in [2.75, 3.05) is 23.7 Å². The van der Waals surface area contributed by atoms with Crippen molar-refractivity contribution in [1.29, 1.82) is 5.26 Å². The molecule has 31 heavy (non-hydrogen) atoms. The summed E-state index contributed by atoms with van der Waals surface area (Å²) in [4.78, 5) is 22.8. The van der Waals surface area contributed by atoms with Gasteiger partial charge in [-0.1, -0.05) is 0 Å². The van der Waals surface area contributed by atoms with Gasteiger partial charge in [-0.2, -0.15) is 10.4 Å². The van der Waals surface area contributed by atoms with E-state index in [4.69, 9.17) is 5.73 Å². The van der Waals surface area contributed by atoms with Gasteiger partial charge in [-0.25, -0.2) is 19.9 Å². The summed E-state index contributed by atoms with van der Waals surface area (Å²) in [6, 6.07) is 4.23. The Hall–Kier alpha value is -4.00. The number of fused-ring (bicyclic) bond motifs is 1. The molecule has 5 rings (SSSR count). The summed E-state index contributed by atoms with van der Waals surface area (Å²) in [5, 5.41) is 15.0. The fourth-order valence-corrected chi connectivity index (χ4v) is 4.34. The van der Waals surface area contributed by atoms with E-state index in [0.717, 1.165) is 47.5 Å². The Morgan fingerprint density at radius 1 is 1.32 bits per heavy atom. The first-order valence-electron chi connectivity index (χ1n) is 10.2. The lowest BCUT2D eigenvalue weighted by atomic mass is 9.96. The van der Waals surface area contributed by atoms with Crippen LogP contribution in [0.4, 0.5) is 11.6 Å². The van der Waals surface area contributed by atoms with E-state index in [1.54, 1.807) is 18.7 Å². The number of aryl methyl sites for hydroxylation is 1. The van der Waals surface area contributed by atoms with E-state index in [1.807, 2.05) is 30.1 Å². The number of H-pyrrole nitrogens is 1. The highest BCUT2D eigenvalue weighted by atomic mass is 15.3. The lowest BCUT2D eigenvalue weighted by Crippen LogP contribution is -2.26. The van der Waals surface area contributed by atoms with Crippen molar-refractivity contribution < 1.29 is 0 Å². The van der Waals surface area contributed by atoms with Gasteiger partial charge in [0.05, 0.1) is 42.3 Å². The third-order valence-corrected chi connectivity index (χ3v) is 5.84. The summed E-state index contributed by atoms with van der Waals surface area (Å²) in [5.41, 5.74) is 9.40. The van der Waals surface area contributed by atoms with Crippen LogP contribution < -0.4 is 10.6 Å². The fraction of sp³-hybridized carbons (Fsp3) is 0.333. The van der Waals surface area contributed by atoms with Gasteiger partial charge in [-0.3, -0.25) is 4.68 Å². The van der Waals surface area contributed by atoms with Crippen molar-refractivity contribution in [1.82, 2.24) is 34.7 Å². The van der Waals surface area contributed by atoms with Crippen LogP contribution in [0.25, 0.3) is 22.3 Å². The first-order chi connectivity index (χ1) is 15.1. The Balaban J connectivity index is 1.41. The highest BCUT2D eigenvalue weighted by Gasteiger charge is 2.33. The molecule has 10 heteroatoms. The lowest BCUT2D eigenvalue weighted by molar-refractivity contribution is 0.332. The number of aromatic amines is 1. The Labute approximate surface area is 178 Å². The zero-order chi connectivity index (χ0) is 21.4. The minimum Gasteiger partial charge on any atom is -0.381 e. The monoisotopic (exact) mass is 414 g/mol. The number of nitrogens with two attached hydrogens (primary N) is 1. The number of hydrogen-bond acceptors (Lipinski definition) is 8. The molecule has 1 saturated heterocycles. The quantitative estimate of drug-likeness (QED) is 0.508. The smallest absolute Gasteiger partial charge is 0.171 e. The third-order valence-electron chi connectivity index (χ3n) is 5.84. The second kappa shape index (κ2) is 7.68. The number of nitrogens with zero attached hydrogens (tertiary/aromatic N) is 8. The molecule has 0 amide bonds. The normalized spacial score (nSPS) is 17.2. The largest absolute Gasteiger partial charge is 0.381 e. The minimum absolute atomic E-state index is 0.0491. The molecule has 0 unspecified atom stereocenters. The van der Waals surface area contributed by atoms with Crippen molar-refractivity contribution in [3.05, 3.63) is 42.9 Å². The molecule has 0 bridgehead atoms. The predicted octanol–water partition coefficient (Wildman–Crippen LogP) is 2.48. The molecule has 1 aliphatic rings. The molecule has 3 N–H and O–H groups in total. The van der Waals surface area contributed by atoms with Crippen LogP contribution in [0.2, 0.25) is 0 Å². The van der Waals surface area contributed by atoms with E-state index in [0.29, 0.717) is 18.1 Å². The van der Waals surface area contributed by atoms with Crippen LogP contribution in [-0.4, -0.2) is 47.8 Å². The molecule has 0 spiro atoms. The van der Waals surface area contributed by atoms with Crippen LogP contribution in [0.15, 0.2) is 37.2 Å². The lowest BCUT2D eigenvalue weighted by Gasteiger charge is -2.23. The SMILES string of the molecule is Cc1cnc(N2CC[C@H]([C@H](CC#N)n3cc(-c4ncnc5[nH]ccc45)cn3)C2)c(N)n1. The summed E-state index contributed by atoms with van der Waals surface area (Å²) < 4.78 is 1.90. The highest BCUT2D eigenvalue weighted by Crippen LogP contribution is 2.34. The van der Waals surface area contributed by atoms with E-state index in [-0.39, 0.29) is 12.0 Å². The molecule has 0 saturated carbocycles. The standard InChI is InChI=1S/C21H22N10/c1-13-8-25-21(19(23)29-13)30-7-4-14(10-30)17(2-5-22)31-11-15(9-28-31)18-16-3-6-24-20(16)27-12-26-18/h3,6,8-9,11-12,14,17H,2,4,7,10H2,1H3,(H2,23,29)(H,24,26,27)/t14-,17-/m0/s1. The number of rotatable bonds is 5. The van der Waals surface area contributed by atoms with E-state index in [2.05, 4.69) is 41.0 Å². The number of nitrogen functional groups attached to an aromatic ring is 1. The topological polar surface area (TPSA) is 138 Å². The van der Waals surface area contributed by atoms with Gasteiger partial charge in [-0.15, -0.1) is 0 Å². The molecule has 0 aromatic carbocycles. The Morgan fingerprint density at radius 3 is 3.06 bits per heavy atom. The van der Waals surface area contributed by atoms with E-state index < -0.39 is 0 Å². The van der Waals surface area contributed by atoms with E-state index >= 15 is 0 Å². The molecular formula is C21H22N10. The number of nitrogens with one attached hydrogen (secondary N) is 1. The minimum atomic E-state index is -0.0491. The molecule has 0 aliphatic carbocycles. The molecule has 4 aromatic rings. The van der Waals surface area contributed by atoms with Crippen LogP contribution in [-0.2, 0) is 0 Å². The van der Waals surface area contributed by atoms with Crippen molar-refractivity contribution in [3.63, 3.8) is 0 Å². The van der Waals surface area contributed by atoms with Gasteiger partial charge in [0.2, 0.25) is 0 Å². The zero-order valence-corrected chi connectivity index (χ0v) is 17.1. The number of nitriles is 1. The Kier molecular flexibility index (Phi) is 4.71. The van der Waals surface area contributed by atoms with Crippen LogP contribution in [0, 0.1) is 24.2 Å². The second-order valence-electron chi connectivity index (χ2n) is 7.82. The molecule has 5 heterocycles. The molecule has 0 radical (unpaired) electrons. The summed E-state index contributed by atoms with van der Waals surface area (Å²) in [7, 11) is 0. The second-order valence-corrected chi connectivity index (χ2v) is 7.82. The van der Waals surface area contributed by atoms with Gasteiger partial charge in [-0.05, 0) is 19.4 Å². The van der Waals surface area contributed by atoms with Crippen molar-refractivity contribution in [2.24, 2.45) is 5.92 Å². The van der Waals surface area contributed by atoms with Gasteiger partial charge in [0.1, 0.15) is 12.0 Å². The predicted molar refractivity (Wildman–Crippen MR) is 116 cm³/mol. The Morgan fingerprint density at radius 2 is 2.23 bits per heavy atom. The molecule has 2 atom stereocenters. The zero-order valence-electron chi connectivity index (χ0n) is 17.1. The molecule has 4 aromatic heterocycles. The maximum atomic E-state index is 9.48. The molecule has 1 fully saturated rings. The molecule has 1 aliphatic heterocycles. The average Bonchev–Trinajstić information content (AvgIpc) is 3.52. The van der Waals surface area contributed by atoms with Crippen LogP contribution in [0.1, 0.15) is 24.6 Å². The maximum absolute atomic E-state index is 9.48. The number of anilines is 2. The van der Waals surface area contributed by atoms with Gasteiger partial charge < -0.3 is 15.6 Å². The molecule has 10 nitrogen and oxygen atoms in total. The van der Waals surface area contributed by atoms with Crippen LogP contribution in [0.3, 0.4) is 0 Å². The summed E-state index contributed by atoms with van der Waals surface area (Å²) in [6.45, 7) is 3.44. The van der Waals surface area contributed by atoms with Crippen LogP contribution in [0.5, 0.6) is 0 Å². The highest BCUT2D eigenvalue weighted by molar-refractivity contribution is 5.89. The summed E-state index contributed by atoms with van der Waals surface area (Å²) in [5.74, 6) is 1.39.